The minimum atomic E-state index is -0.843. The third-order valence-corrected chi connectivity index (χ3v) is 5.05. The highest BCUT2D eigenvalue weighted by Crippen LogP contribution is 2.25. The van der Waals surface area contributed by atoms with Crippen molar-refractivity contribution in [3.8, 4) is 0 Å². The molecule has 8 heteroatoms. The number of hydrogen-bond acceptors (Lipinski definition) is 4. The van der Waals surface area contributed by atoms with Crippen LogP contribution in [0.2, 0.25) is 0 Å². The zero-order chi connectivity index (χ0) is 16.3. The molecule has 2 rings (SSSR count). The van der Waals surface area contributed by atoms with Gasteiger partial charge in [0.05, 0.1) is 0 Å². The summed E-state index contributed by atoms with van der Waals surface area (Å²) in [5, 5.41) is 2.74. The Labute approximate surface area is 143 Å². The van der Waals surface area contributed by atoms with E-state index in [0.717, 1.165) is 17.7 Å². The summed E-state index contributed by atoms with van der Waals surface area (Å²) in [7, 11) is 0. The standard InChI is InChI=1S/C15H26N4O3.ClH/c1-3-15(4-2)13(21)19(14(22)17-15)10-12(20)18-7-5-11(9-16)6-8-18;/h11H,3-10,16H2,1-2H3,(H,17,22);1H. The molecule has 2 heterocycles. The number of amides is 4. The van der Waals surface area contributed by atoms with Crippen LogP contribution in [0.25, 0.3) is 0 Å². The van der Waals surface area contributed by atoms with Gasteiger partial charge in [-0.2, -0.15) is 0 Å². The van der Waals surface area contributed by atoms with Crippen molar-refractivity contribution in [1.29, 1.82) is 0 Å². The number of imide groups is 1. The van der Waals surface area contributed by atoms with Crippen molar-refractivity contribution in [2.75, 3.05) is 26.2 Å². The van der Waals surface area contributed by atoms with Gasteiger partial charge in [-0.1, -0.05) is 13.8 Å². The van der Waals surface area contributed by atoms with Crippen LogP contribution >= 0.6 is 12.4 Å². The SMILES string of the molecule is CCC1(CC)NC(=O)N(CC(=O)N2CCC(CN)CC2)C1=O.Cl. The first-order chi connectivity index (χ1) is 10.5. The lowest BCUT2D eigenvalue weighted by molar-refractivity contribution is -0.139. The maximum absolute atomic E-state index is 12.5. The van der Waals surface area contributed by atoms with Crippen molar-refractivity contribution in [2.45, 2.75) is 45.1 Å². The summed E-state index contributed by atoms with van der Waals surface area (Å²) in [4.78, 5) is 39.6. The molecule has 7 nitrogen and oxygen atoms in total. The number of halogens is 1. The molecule has 2 saturated heterocycles. The fourth-order valence-corrected chi connectivity index (χ4v) is 3.20. The van der Waals surface area contributed by atoms with Crippen LogP contribution in [0.15, 0.2) is 0 Å². The van der Waals surface area contributed by atoms with Crippen molar-refractivity contribution >= 4 is 30.3 Å². The molecule has 4 amide bonds. The Bertz CT molecular complexity index is 460. The predicted molar refractivity (Wildman–Crippen MR) is 89.2 cm³/mol. The summed E-state index contributed by atoms with van der Waals surface area (Å²) in [6, 6.07) is -0.459. The Hall–Kier alpha value is -1.34. The molecule has 0 atom stereocenters. The van der Waals surface area contributed by atoms with Crippen LogP contribution in [0.3, 0.4) is 0 Å². The summed E-state index contributed by atoms with van der Waals surface area (Å²) < 4.78 is 0. The number of piperidine rings is 1. The molecular weight excluding hydrogens is 320 g/mol. The Morgan fingerprint density at radius 2 is 1.83 bits per heavy atom. The van der Waals surface area contributed by atoms with Gasteiger partial charge in [-0.15, -0.1) is 12.4 Å². The molecule has 0 bridgehead atoms. The van der Waals surface area contributed by atoms with Crippen molar-refractivity contribution in [3.63, 3.8) is 0 Å². The molecule has 0 aromatic rings. The summed E-state index contributed by atoms with van der Waals surface area (Å²) in [6.45, 7) is 5.51. The molecule has 2 aliphatic heterocycles. The van der Waals surface area contributed by atoms with E-state index in [-0.39, 0.29) is 30.8 Å². The van der Waals surface area contributed by atoms with Crippen LogP contribution < -0.4 is 11.1 Å². The van der Waals surface area contributed by atoms with E-state index in [1.54, 1.807) is 4.90 Å². The molecule has 3 N–H and O–H groups in total. The van der Waals surface area contributed by atoms with E-state index < -0.39 is 11.6 Å². The van der Waals surface area contributed by atoms with Crippen LogP contribution in [0, 0.1) is 5.92 Å². The van der Waals surface area contributed by atoms with Crippen molar-refractivity contribution in [2.24, 2.45) is 11.7 Å². The number of rotatable bonds is 5. The van der Waals surface area contributed by atoms with Gasteiger partial charge in [0.1, 0.15) is 12.1 Å². The average Bonchev–Trinajstić information content (AvgIpc) is 2.79. The summed E-state index contributed by atoms with van der Waals surface area (Å²) >= 11 is 0. The number of nitrogens with two attached hydrogens (primary N) is 1. The number of carbonyl (C=O) groups excluding carboxylic acids is 3. The van der Waals surface area contributed by atoms with Crippen molar-refractivity contribution in [1.82, 2.24) is 15.1 Å². The van der Waals surface area contributed by atoms with E-state index in [1.165, 1.54) is 0 Å². The molecule has 0 aromatic heterocycles. The second-order valence-corrected chi connectivity index (χ2v) is 6.17. The average molecular weight is 347 g/mol. The van der Waals surface area contributed by atoms with E-state index in [1.807, 2.05) is 13.8 Å². The van der Waals surface area contributed by atoms with Crippen LogP contribution in [0.4, 0.5) is 4.79 Å². The van der Waals surface area contributed by atoms with Gasteiger partial charge in [-0.25, -0.2) is 4.79 Å². The summed E-state index contributed by atoms with van der Waals surface area (Å²) in [6.07, 6.45) is 2.83. The largest absolute Gasteiger partial charge is 0.341 e. The third-order valence-electron chi connectivity index (χ3n) is 5.05. The predicted octanol–water partition coefficient (Wildman–Crippen LogP) is 0.716. The molecule has 23 heavy (non-hydrogen) atoms. The molecular formula is C15H27ClN4O3. The van der Waals surface area contributed by atoms with Crippen LogP contribution in [-0.4, -0.2) is 59.4 Å². The molecule has 2 fully saturated rings. The third kappa shape index (κ3) is 3.77. The highest BCUT2D eigenvalue weighted by molar-refractivity contribution is 6.08. The molecule has 0 aromatic carbocycles. The molecule has 0 radical (unpaired) electrons. The van der Waals surface area contributed by atoms with Gasteiger partial charge in [0, 0.05) is 13.1 Å². The highest BCUT2D eigenvalue weighted by Gasteiger charge is 2.49. The minimum Gasteiger partial charge on any atom is -0.341 e. The smallest absolute Gasteiger partial charge is 0.325 e. The summed E-state index contributed by atoms with van der Waals surface area (Å²) in [5.41, 5.74) is 4.80. The van der Waals surface area contributed by atoms with Crippen LogP contribution in [0.5, 0.6) is 0 Å². The van der Waals surface area contributed by atoms with E-state index >= 15 is 0 Å². The van der Waals surface area contributed by atoms with Gasteiger partial charge in [0.25, 0.3) is 5.91 Å². The van der Waals surface area contributed by atoms with Gasteiger partial charge >= 0.3 is 6.03 Å². The first-order valence-electron chi connectivity index (χ1n) is 8.09. The Morgan fingerprint density at radius 1 is 1.26 bits per heavy atom. The fourth-order valence-electron chi connectivity index (χ4n) is 3.20. The van der Waals surface area contributed by atoms with Gasteiger partial charge in [0.2, 0.25) is 5.91 Å². The second-order valence-electron chi connectivity index (χ2n) is 6.17. The molecule has 132 valence electrons. The lowest BCUT2D eigenvalue weighted by Crippen LogP contribution is -2.48. The van der Waals surface area contributed by atoms with Crippen molar-refractivity contribution < 1.29 is 14.4 Å². The highest BCUT2D eigenvalue weighted by atomic mass is 35.5. The zero-order valence-electron chi connectivity index (χ0n) is 13.8. The minimum absolute atomic E-state index is 0. The Morgan fingerprint density at radius 3 is 2.26 bits per heavy atom. The normalized spacial score (nSPS) is 21.2. The Kier molecular flexibility index (Phi) is 6.83. The monoisotopic (exact) mass is 346 g/mol. The first kappa shape index (κ1) is 19.7. The van der Waals surface area contributed by atoms with Gasteiger partial charge in [-0.05, 0) is 38.1 Å². The number of nitrogens with zero attached hydrogens (tertiary/aromatic N) is 2. The number of urea groups is 1. The maximum atomic E-state index is 12.5. The lowest BCUT2D eigenvalue weighted by Gasteiger charge is -2.32. The van der Waals surface area contributed by atoms with Crippen LogP contribution in [0.1, 0.15) is 39.5 Å². The number of likely N-dealkylation sites (tertiary alicyclic amines) is 1. The van der Waals surface area contributed by atoms with E-state index in [0.29, 0.717) is 38.4 Å². The maximum Gasteiger partial charge on any atom is 0.325 e. The van der Waals surface area contributed by atoms with E-state index in [4.69, 9.17) is 5.73 Å². The first-order valence-corrected chi connectivity index (χ1v) is 8.09. The second kappa shape index (κ2) is 7.97. The van der Waals surface area contributed by atoms with Gasteiger partial charge in [0.15, 0.2) is 0 Å². The number of nitrogens with one attached hydrogen (secondary N) is 1. The summed E-state index contributed by atoms with van der Waals surface area (Å²) in [5.74, 6) is 0.0169. The zero-order valence-corrected chi connectivity index (χ0v) is 14.7. The molecule has 0 spiro atoms. The number of hydrogen-bond donors (Lipinski definition) is 2. The van der Waals surface area contributed by atoms with Gasteiger partial charge in [-0.3, -0.25) is 14.5 Å². The molecule has 0 unspecified atom stereocenters. The Balaban J connectivity index is 0.00000264. The molecule has 0 aliphatic carbocycles. The van der Waals surface area contributed by atoms with E-state index in [9.17, 15) is 14.4 Å². The van der Waals surface area contributed by atoms with Gasteiger partial charge < -0.3 is 16.0 Å². The fraction of sp³-hybridized carbons (Fsp3) is 0.800. The molecule has 2 aliphatic rings. The van der Waals surface area contributed by atoms with E-state index in [2.05, 4.69) is 5.32 Å². The topological polar surface area (TPSA) is 95.7 Å². The van der Waals surface area contributed by atoms with Crippen LogP contribution in [-0.2, 0) is 9.59 Å². The quantitative estimate of drug-likeness (QED) is 0.717. The van der Waals surface area contributed by atoms with Crippen molar-refractivity contribution in [3.05, 3.63) is 0 Å². The molecule has 0 saturated carbocycles. The lowest BCUT2D eigenvalue weighted by atomic mass is 9.93. The number of carbonyl (C=O) groups is 3.